The van der Waals surface area contributed by atoms with Gasteiger partial charge in [0.05, 0.1) is 6.10 Å². The first-order valence-corrected chi connectivity index (χ1v) is 6.14. The van der Waals surface area contributed by atoms with Crippen LogP contribution in [0.15, 0.2) is 28.7 Å². The summed E-state index contributed by atoms with van der Waals surface area (Å²) in [6.45, 7) is 2.16. The molecule has 1 aliphatic rings. The molecule has 3 heteroatoms. The molecule has 2 N–H and O–H groups in total. The lowest BCUT2D eigenvalue weighted by Gasteiger charge is -2.34. The van der Waals surface area contributed by atoms with Gasteiger partial charge in [-0.05, 0) is 31.4 Å². The second-order valence-electron chi connectivity index (χ2n) is 4.23. The number of aliphatic hydroxyl groups excluding tert-OH is 1. The van der Waals surface area contributed by atoms with Crippen LogP contribution in [0.1, 0.15) is 31.4 Å². The minimum atomic E-state index is -0.0890. The summed E-state index contributed by atoms with van der Waals surface area (Å²) >= 11 is 3.55. The van der Waals surface area contributed by atoms with Crippen molar-refractivity contribution in [3.05, 3.63) is 34.3 Å². The average molecular weight is 270 g/mol. The summed E-state index contributed by atoms with van der Waals surface area (Å²) in [5.74, 6) is 0. The molecule has 0 aliphatic heterocycles. The van der Waals surface area contributed by atoms with Crippen LogP contribution in [0, 0.1) is 0 Å². The lowest BCUT2D eigenvalue weighted by atomic mass is 9.88. The fraction of sp³-hybridized carbons (Fsp3) is 0.500. The molecule has 2 nitrogen and oxygen atoms in total. The number of nitrogens with one attached hydrogen (secondary N) is 1. The molecule has 0 radical (unpaired) electrons. The zero-order valence-electron chi connectivity index (χ0n) is 8.78. The van der Waals surface area contributed by atoms with E-state index in [-0.39, 0.29) is 6.10 Å². The standard InChI is InChI=1S/C12H16BrNO/c1-8(14-9-6-10(15)7-9)11-4-2-3-5-12(11)13/h2-5,8-10,14-15H,6-7H2,1H3. The van der Waals surface area contributed by atoms with Crippen molar-refractivity contribution in [1.29, 1.82) is 0 Å². The van der Waals surface area contributed by atoms with Gasteiger partial charge in [-0.25, -0.2) is 0 Å². The van der Waals surface area contributed by atoms with Crippen molar-refractivity contribution in [3.63, 3.8) is 0 Å². The zero-order valence-corrected chi connectivity index (χ0v) is 10.4. The first-order valence-electron chi connectivity index (χ1n) is 5.35. The zero-order chi connectivity index (χ0) is 10.8. The highest BCUT2D eigenvalue weighted by Crippen LogP contribution is 2.27. The van der Waals surface area contributed by atoms with E-state index in [1.165, 1.54) is 5.56 Å². The maximum Gasteiger partial charge on any atom is 0.0570 e. The van der Waals surface area contributed by atoms with Gasteiger partial charge < -0.3 is 10.4 Å². The van der Waals surface area contributed by atoms with Gasteiger partial charge in [0.2, 0.25) is 0 Å². The number of hydrogen-bond donors (Lipinski definition) is 2. The molecular weight excluding hydrogens is 254 g/mol. The molecule has 1 aliphatic carbocycles. The van der Waals surface area contributed by atoms with Crippen molar-refractivity contribution < 1.29 is 5.11 Å². The second-order valence-corrected chi connectivity index (χ2v) is 5.09. The van der Waals surface area contributed by atoms with E-state index >= 15 is 0 Å². The summed E-state index contributed by atoms with van der Waals surface area (Å²) < 4.78 is 1.14. The molecule has 0 bridgehead atoms. The first-order chi connectivity index (χ1) is 7.16. The van der Waals surface area contributed by atoms with Crippen molar-refractivity contribution in [2.24, 2.45) is 0 Å². The third-order valence-electron chi connectivity index (χ3n) is 2.97. The van der Waals surface area contributed by atoms with Crippen molar-refractivity contribution in [1.82, 2.24) is 5.32 Å². The predicted molar refractivity (Wildman–Crippen MR) is 64.7 cm³/mol. The molecule has 0 amide bonds. The lowest BCUT2D eigenvalue weighted by molar-refractivity contribution is 0.0585. The van der Waals surface area contributed by atoms with Crippen LogP contribution < -0.4 is 5.32 Å². The largest absolute Gasteiger partial charge is 0.393 e. The summed E-state index contributed by atoms with van der Waals surface area (Å²) in [4.78, 5) is 0. The monoisotopic (exact) mass is 269 g/mol. The van der Waals surface area contributed by atoms with Gasteiger partial charge in [0.1, 0.15) is 0 Å². The number of aliphatic hydroxyl groups is 1. The molecule has 1 aromatic carbocycles. The molecule has 0 heterocycles. The number of rotatable bonds is 3. The third kappa shape index (κ3) is 2.60. The van der Waals surface area contributed by atoms with E-state index < -0.39 is 0 Å². The number of benzene rings is 1. The Bertz CT molecular complexity index is 336. The van der Waals surface area contributed by atoms with Crippen LogP contribution >= 0.6 is 15.9 Å². The van der Waals surface area contributed by atoms with Crippen molar-refractivity contribution >= 4 is 15.9 Å². The Labute approximate surface area is 98.8 Å². The predicted octanol–water partition coefficient (Wildman–Crippen LogP) is 2.62. The highest BCUT2D eigenvalue weighted by Gasteiger charge is 2.28. The molecule has 0 saturated heterocycles. The normalized spacial score (nSPS) is 27.1. The van der Waals surface area contributed by atoms with Gasteiger partial charge in [0, 0.05) is 16.6 Å². The van der Waals surface area contributed by atoms with Crippen molar-refractivity contribution in [3.8, 4) is 0 Å². The third-order valence-corrected chi connectivity index (χ3v) is 3.69. The Morgan fingerprint density at radius 3 is 2.67 bits per heavy atom. The van der Waals surface area contributed by atoms with Gasteiger partial charge in [0.15, 0.2) is 0 Å². The van der Waals surface area contributed by atoms with Crippen LogP contribution in [-0.4, -0.2) is 17.3 Å². The van der Waals surface area contributed by atoms with Gasteiger partial charge in [0.25, 0.3) is 0 Å². The molecule has 1 fully saturated rings. The van der Waals surface area contributed by atoms with Gasteiger partial charge in [-0.3, -0.25) is 0 Å². The minimum absolute atomic E-state index is 0.0890. The molecule has 1 saturated carbocycles. The minimum Gasteiger partial charge on any atom is -0.393 e. The van der Waals surface area contributed by atoms with E-state index in [0.29, 0.717) is 12.1 Å². The van der Waals surface area contributed by atoms with E-state index in [0.717, 1.165) is 17.3 Å². The molecule has 1 atom stereocenters. The topological polar surface area (TPSA) is 32.3 Å². The summed E-state index contributed by atoms with van der Waals surface area (Å²) in [6, 6.07) is 9.06. The van der Waals surface area contributed by atoms with Gasteiger partial charge >= 0.3 is 0 Å². The van der Waals surface area contributed by atoms with Gasteiger partial charge in [-0.1, -0.05) is 34.1 Å². The molecule has 0 spiro atoms. The fourth-order valence-electron chi connectivity index (χ4n) is 1.99. The Balaban J connectivity index is 1.96. The Morgan fingerprint density at radius 1 is 1.40 bits per heavy atom. The first kappa shape index (κ1) is 11.1. The quantitative estimate of drug-likeness (QED) is 0.885. The lowest BCUT2D eigenvalue weighted by Crippen LogP contribution is -2.45. The van der Waals surface area contributed by atoms with E-state index in [1.807, 2.05) is 12.1 Å². The van der Waals surface area contributed by atoms with Crippen LogP contribution in [0.5, 0.6) is 0 Å². The maximum absolute atomic E-state index is 9.21. The van der Waals surface area contributed by atoms with Crippen LogP contribution in [0.25, 0.3) is 0 Å². The Morgan fingerprint density at radius 2 is 2.07 bits per heavy atom. The molecule has 1 aromatic rings. The SMILES string of the molecule is CC(NC1CC(O)C1)c1ccccc1Br. The van der Waals surface area contributed by atoms with Crippen LogP contribution in [0.3, 0.4) is 0 Å². The molecular formula is C12H16BrNO. The number of hydrogen-bond acceptors (Lipinski definition) is 2. The van der Waals surface area contributed by atoms with Crippen LogP contribution in [-0.2, 0) is 0 Å². The summed E-state index contributed by atoms with van der Waals surface area (Å²) in [6.07, 6.45) is 1.68. The molecule has 15 heavy (non-hydrogen) atoms. The Kier molecular flexibility index (Phi) is 3.44. The van der Waals surface area contributed by atoms with E-state index in [2.05, 4.69) is 40.3 Å². The van der Waals surface area contributed by atoms with Crippen molar-refractivity contribution in [2.45, 2.75) is 38.0 Å². The maximum atomic E-state index is 9.21. The highest BCUT2D eigenvalue weighted by atomic mass is 79.9. The summed E-state index contributed by atoms with van der Waals surface area (Å²) in [5, 5.41) is 12.7. The van der Waals surface area contributed by atoms with Crippen LogP contribution in [0.2, 0.25) is 0 Å². The molecule has 2 rings (SSSR count). The summed E-state index contributed by atoms with van der Waals surface area (Å²) in [5.41, 5.74) is 1.28. The molecule has 0 aromatic heterocycles. The molecule has 1 unspecified atom stereocenters. The average Bonchev–Trinajstić information content (AvgIpc) is 2.16. The highest BCUT2D eigenvalue weighted by molar-refractivity contribution is 9.10. The molecule has 82 valence electrons. The fourth-order valence-corrected chi connectivity index (χ4v) is 2.62. The smallest absolute Gasteiger partial charge is 0.0570 e. The van der Waals surface area contributed by atoms with Gasteiger partial charge in [-0.2, -0.15) is 0 Å². The van der Waals surface area contributed by atoms with Crippen molar-refractivity contribution in [2.75, 3.05) is 0 Å². The van der Waals surface area contributed by atoms with Crippen LogP contribution in [0.4, 0.5) is 0 Å². The summed E-state index contributed by atoms with van der Waals surface area (Å²) in [7, 11) is 0. The Hall–Kier alpha value is -0.380. The second kappa shape index (κ2) is 4.64. The van der Waals surface area contributed by atoms with E-state index in [1.54, 1.807) is 0 Å². The van der Waals surface area contributed by atoms with E-state index in [4.69, 9.17) is 0 Å². The van der Waals surface area contributed by atoms with E-state index in [9.17, 15) is 5.11 Å². The van der Waals surface area contributed by atoms with Gasteiger partial charge in [-0.15, -0.1) is 0 Å². The number of halogens is 1.